The average molecular weight is 242 g/mol. The highest BCUT2D eigenvalue weighted by Gasteiger charge is 2.22. The van der Waals surface area contributed by atoms with E-state index >= 15 is 0 Å². The van der Waals surface area contributed by atoms with Crippen molar-refractivity contribution in [3.8, 4) is 5.75 Å². The second-order valence-electron chi connectivity index (χ2n) is 3.88. The van der Waals surface area contributed by atoms with E-state index in [-0.39, 0.29) is 16.7 Å². The zero-order valence-electron chi connectivity index (χ0n) is 8.72. The monoisotopic (exact) mass is 242 g/mol. The van der Waals surface area contributed by atoms with Gasteiger partial charge >= 0.3 is 0 Å². The number of benzene rings is 1. The van der Waals surface area contributed by atoms with Gasteiger partial charge in [-0.15, -0.1) is 0 Å². The number of hydrogen-bond donors (Lipinski definition) is 2. The maximum absolute atomic E-state index is 11.2. The van der Waals surface area contributed by atoms with Gasteiger partial charge in [-0.2, -0.15) is 0 Å². The lowest BCUT2D eigenvalue weighted by atomic mass is 9.96. The van der Waals surface area contributed by atoms with Gasteiger partial charge in [-0.3, -0.25) is 0 Å². The Hall–Kier alpha value is -1.27. The molecule has 0 saturated heterocycles. The molecule has 88 valence electrons. The van der Waals surface area contributed by atoms with Gasteiger partial charge in [0, 0.05) is 0 Å². The number of primary sulfonamides is 1. The molecule has 0 aromatic heterocycles. The molecular weight excluding hydrogens is 228 g/mol. The van der Waals surface area contributed by atoms with Gasteiger partial charge in [0.05, 0.1) is 11.8 Å². The Morgan fingerprint density at radius 2 is 2.00 bits per heavy atom. The Balaban J connectivity index is 2.32. The van der Waals surface area contributed by atoms with E-state index in [0.29, 0.717) is 5.75 Å². The molecule has 1 saturated carbocycles. The molecular formula is C10H14N2O3S. The number of anilines is 1. The predicted molar refractivity (Wildman–Crippen MR) is 60.5 cm³/mol. The fourth-order valence-electron chi connectivity index (χ4n) is 1.54. The molecule has 0 spiro atoms. The second kappa shape index (κ2) is 3.95. The van der Waals surface area contributed by atoms with Gasteiger partial charge in [-0.1, -0.05) is 6.07 Å². The van der Waals surface area contributed by atoms with Crippen molar-refractivity contribution in [2.24, 2.45) is 5.14 Å². The summed E-state index contributed by atoms with van der Waals surface area (Å²) in [5, 5.41) is 5.04. The molecule has 5 nitrogen and oxygen atoms in total. The van der Waals surface area contributed by atoms with E-state index in [2.05, 4.69) is 0 Å². The summed E-state index contributed by atoms with van der Waals surface area (Å²) < 4.78 is 28.0. The fourth-order valence-corrected chi connectivity index (χ4v) is 2.22. The van der Waals surface area contributed by atoms with Crippen LogP contribution in [-0.4, -0.2) is 14.5 Å². The van der Waals surface area contributed by atoms with Gasteiger partial charge in [-0.05, 0) is 31.4 Å². The van der Waals surface area contributed by atoms with E-state index in [4.69, 9.17) is 15.6 Å². The van der Waals surface area contributed by atoms with Crippen molar-refractivity contribution in [1.82, 2.24) is 0 Å². The second-order valence-corrected chi connectivity index (χ2v) is 5.41. The molecule has 1 fully saturated rings. The molecule has 0 amide bonds. The van der Waals surface area contributed by atoms with Crippen molar-refractivity contribution in [3.63, 3.8) is 0 Å². The van der Waals surface area contributed by atoms with Crippen molar-refractivity contribution in [1.29, 1.82) is 0 Å². The van der Waals surface area contributed by atoms with Crippen molar-refractivity contribution in [2.45, 2.75) is 30.3 Å². The Morgan fingerprint density at radius 1 is 1.31 bits per heavy atom. The van der Waals surface area contributed by atoms with Crippen molar-refractivity contribution in [2.75, 3.05) is 5.73 Å². The molecule has 6 heteroatoms. The number of para-hydroxylation sites is 1. The lowest BCUT2D eigenvalue weighted by Gasteiger charge is -2.27. The van der Waals surface area contributed by atoms with Crippen molar-refractivity contribution in [3.05, 3.63) is 18.2 Å². The van der Waals surface area contributed by atoms with Crippen LogP contribution in [0.1, 0.15) is 19.3 Å². The summed E-state index contributed by atoms with van der Waals surface area (Å²) in [6.07, 6.45) is 3.26. The Kier molecular flexibility index (Phi) is 2.77. The standard InChI is InChI=1S/C10H14N2O3S/c11-10-8(15-7-3-1-4-7)5-2-6-9(10)16(12,13)14/h2,5-7H,1,3-4,11H2,(H2,12,13,14). The van der Waals surface area contributed by atoms with E-state index in [1.165, 1.54) is 6.07 Å². The minimum Gasteiger partial charge on any atom is -0.488 e. The molecule has 0 unspecified atom stereocenters. The van der Waals surface area contributed by atoms with E-state index in [1.807, 2.05) is 0 Å². The van der Waals surface area contributed by atoms with Gasteiger partial charge in [0.15, 0.2) is 0 Å². The van der Waals surface area contributed by atoms with Crippen LogP contribution in [0.4, 0.5) is 5.69 Å². The first-order valence-corrected chi connectivity index (χ1v) is 6.61. The van der Waals surface area contributed by atoms with E-state index < -0.39 is 10.0 Å². The minimum atomic E-state index is -3.79. The van der Waals surface area contributed by atoms with Crippen molar-refractivity contribution < 1.29 is 13.2 Å². The third-order valence-corrected chi connectivity index (χ3v) is 3.65. The Labute approximate surface area is 94.4 Å². The zero-order chi connectivity index (χ0) is 11.8. The van der Waals surface area contributed by atoms with E-state index in [9.17, 15) is 8.42 Å². The third kappa shape index (κ3) is 2.12. The first-order chi connectivity index (χ1) is 7.48. The van der Waals surface area contributed by atoms with Crippen molar-refractivity contribution >= 4 is 15.7 Å². The minimum absolute atomic E-state index is 0.0793. The molecule has 1 aliphatic carbocycles. The summed E-state index contributed by atoms with van der Waals surface area (Å²) in [5.74, 6) is 0.399. The van der Waals surface area contributed by atoms with Gasteiger partial charge in [-0.25, -0.2) is 13.6 Å². The molecule has 1 aliphatic rings. The Bertz CT molecular complexity index is 495. The summed E-state index contributed by atoms with van der Waals surface area (Å²) in [4.78, 5) is -0.0793. The maximum atomic E-state index is 11.2. The highest BCUT2D eigenvalue weighted by atomic mass is 32.2. The van der Waals surface area contributed by atoms with Gasteiger partial charge in [0.1, 0.15) is 10.6 Å². The zero-order valence-corrected chi connectivity index (χ0v) is 9.53. The first kappa shape index (κ1) is 11.2. The van der Waals surface area contributed by atoms with Crippen LogP contribution in [0.25, 0.3) is 0 Å². The van der Waals surface area contributed by atoms with Crippen LogP contribution in [0.2, 0.25) is 0 Å². The molecule has 0 heterocycles. The third-order valence-electron chi connectivity index (χ3n) is 2.68. The number of nitrogen functional groups attached to an aromatic ring is 1. The predicted octanol–water partition coefficient (Wildman–Crippen LogP) is 0.847. The van der Waals surface area contributed by atoms with Gasteiger partial charge < -0.3 is 10.5 Å². The van der Waals surface area contributed by atoms with Crippen LogP contribution in [0.15, 0.2) is 23.1 Å². The summed E-state index contributed by atoms with van der Waals surface area (Å²) in [5.41, 5.74) is 5.81. The van der Waals surface area contributed by atoms with Crippen LogP contribution in [0, 0.1) is 0 Å². The van der Waals surface area contributed by atoms with Gasteiger partial charge in [0.2, 0.25) is 10.0 Å². The molecule has 0 bridgehead atoms. The summed E-state index contributed by atoms with van der Waals surface area (Å²) in [6.45, 7) is 0. The van der Waals surface area contributed by atoms with Crippen LogP contribution in [0.3, 0.4) is 0 Å². The molecule has 4 N–H and O–H groups in total. The largest absolute Gasteiger partial charge is 0.488 e. The average Bonchev–Trinajstić information content (AvgIpc) is 2.11. The highest BCUT2D eigenvalue weighted by Crippen LogP contribution is 2.32. The van der Waals surface area contributed by atoms with E-state index in [1.54, 1.807) is 12.1 Å². The smallest absolute Gasteiger partial charge is 0.240 e. The number of rotatable bonds is 3. The number of hydrogen-bond acceptors (Lipinski definition) is 4. The normalized spacial score (nSPS) is 16.8. The van der Waals surface area contributed by atoms with Crippen LogP contribution >= 0.6 is 0 Å². The maximum Gasteiger partial charge on any atom is 0.240 e. The lowest BCUT2D eigenvalue weighted by molar-refractivity contribution is 0.121. The topological polar surface area (TPSA) is 95.4 Å². The molecule has 1 aromatic rings. The number of ether oxygens (including phenoxy) is 1. The summed E-state index contributed by atoms with van der Waals surface area (Å²) in [7, 11) is -3.79. The molecule has 1 aromatic carbocycles. The van der Waals surface area contributed by atoms with Crippen LogP contribution < -0.4 is 15.6 Å². The first-order valence-electron chi connectivity index (χ1n) is 5.06. The number of sulfonamides is 1. The molecule has 16 heavy (non-hydrogen) atoms. The van der Waals surface area contributed by atoms with Crippen LogP contribution in [-0.2, 0) is 10.0 Å². The SMILES string of the molecule is Nc1c(OC2CCC2)cccc1S(N)(=O)=O. The Morgan fingerprint density at radius 3 is 2.50 bits per heavy atom. The lowest BCUT2D eigenvalue weighted by Crippen LogP contribution is -2.25. The highest BCUT2D eigenvalue weighted by molar-refractivity contribution is 7.89. The molecule has 0 atom stereocenters. The fraction of sp³-hybridized carbons (Fsp3) is 0.400. The summed E-state index contributed by atoms with van der Waals surface area (Å²) >= 11 is 0. The van der Waals surface area contributed by atoms with Gasteiger partial charge in [0.25, 0.3) is 0 Å². The molecule has 0 radical (unpaired) electrons. The number of nitrogens with two attached hydrogens (primary N) is 2. The molecule has 0 aliphatic heterocycles. The van der Waals surface area contributed by atoms with E-state index in [0.717, 1.165) is 19.3 Å². The van der Waals surface area contributed by atoms with Crippen LogP contribution in [0.5, 0.6) is 5.75 Å². The molecule has 2 rings (SSSR count). The summed E-state index contributed by atoms with van der Waals surface area (Å²) in [6, 6.07) is 4.60. The quantitative estimate of drug-likeness (QED) is 0.768.